The number of para-hydroxylation sites is 1. The number of carbonyl (C=O) groups excluding carboxylic acids is 1. The first kappa shape index (κ1) is 25.8. The Morgan fingerprint density at radius 1 is 0.972 bits per heavy atom. The fraction of sp³-hybridized carbons (Fsp3) is 0.214. The highest BCUT2D eigenvalue weighted by atomic mass is 35.5. The molecular weight excluding hydrogens is 495 g/mol. The molecular formula is C28H28Cl2N4O2. The van der Waals surface area contributed by atoms with Crippen molar-refractivity contribution >= 4 is 29.1 Å². The molecule has 6 nitrogen and oxygen atoms in total. The minimum atomic E-state index is -0.299. The number of ether oxygens (including phenoxy) is 1. The van der Waals surface area contributed by atoms with Gasteiger partial charge in [0.1, 0.15) is 5.75 Å². The highest BCUT2D eigenvalue weighted by Gasteiger charge is 2.26. The van der Waals surface area contributed by atoms with E-state index in [1.54, 1.807) is 35.0 Å². The molecule has 0 bridgehead atoms. The second-order valence-corrected chi connectivity index (χ2v) is 9.25. The first-order valence-corrected chi connectivity index (χ1v) is 12.6. The molecule has 4 rings (SSSR count). The van der Waals surface area contributed by atoms with Crippen LogP contribution >= 0.6 is 23.2 Å². The number of rotatable bonds is 10. The number of nitrogens with zero attached hydrogens (tertiary/aromatic N) is 2. The topological polar surface area (TPSA) is 68.2 Å². The number of hydrogen-bond acceptors (Lipinski definition) is 4. The van der Waals surface area contributed by atoms with Crippen LogP contribution in [0, 0.1) is 0 Å². The van der Waals surface area contributed by atoms with Crippen molar-refractivity contribution in [1.82, 2.24) is 20.4 Å². The Labute approximate surface area is 221 Å². The first-order valence-electron chi connectivity index (χ1n) is 11.8. The van der Waals surface area contributed by atoms with Crippen molar-refractivity contribution < 1.29 is 9.53 Å². The fourth-order valence-corrected chi connectivity index (χ4v) is 3.91. The van der Waals surface area contributed by atoms with Gasteiger partial charge in [0.15, 0.2) is 5.69 Å². The predicted octanol–water partition coefficient (Wildman–Crippen LogP) is 6.79. The van der Waals surface area contributed by atoms with Crippen LogP contribution in [0.5, 0.6) is 11.6 Å². The number of nitrogens with one attached hydrogen (secondary N) is 2. The maximum absolute atomic E-state index is 13.4. The molecule has 0 aliphatic heterocycles. The molecule has 0 aliphatic rings. The molecule has 0 saturated carbocycles. The van der Waals surface area contributed by atoms with Crippen LogP contribution in [0.15, 0.2) is 78.9 Å². The molecule has 2 N–H and O–H groups in total. The molecule has 0 aliphatic carbocycles. The lowest BCUT2D eigenvalue weighted by Crippen LogP contribution is -2.28. The number of amides is 1. The van der Waals surface area contributed by atoms with Crippen molar-refractivity contribution in [2.75, 3.05) is 0 Å². The summed E-state index contributed by atoms with van der Waals surface area (Å²) in [7, 11) is 0. The Kier molecular flexibility index (Phi) is 8.65. The van der Waals surface area contributed by atoms with Gasteiger partial charge in [-0.2, -0.15) is 9.78 Å². The molecule has 1 heterocycles. The van der Waals surface area contributed by atoms with Gasteiger partial charge >= 0.3 is 0 Å². The van der Waals surface area contributed by atoms with E-state index in [0.717, 1.165) is 12.0 Å². The Hall–Kier alpha value is -3.32. The quantitative estimate of drug-likeness (QED) is 0.240. The normalized spacial score (nSPS) is 11.8. The summed E-state index contributed by atoms with van der Waals surface area (Å²) < 4.78 is 7.91. The number of aromatic nitrogens is 2. The molecule has 36 heavy (non-hydrogen) atoms. The van der Waals surface area contributed by atoms with Crippen molar-refractivity contribution in [3.05, 3.63) is 106 Å². The third-order valence-electron chi connectivity index (χ3n) is 5.80. The molecule has 1 unspecified atom stereocenters. The van der Waals surface area contributed by atoms with Crippen molar-refractivity contribution in [1.29, 1.82) is 0 Å². The van der Waals surface area contributed by atoms with Gasteiger partial charge in [0.25, 0.3) is 5.91 Å². The van der Waals surface area contributed by atoms with E-state index in [1.807, 2.05) is 48.5 Å². The zero-order valence-electron chi connectivity index (χ0n) is 20.2. The lowest BCUT2D eigenvalue weighted by atomic mass is 10.1. The van der Waals surface area contributed by atoms with Crippen molar-refractivity contribution in [3.63, 3.8) is 0 Å². The summed E-state index contributed by atoms with van der Waals surface area (Å²) in [5, 5.41) is 12.2. The van der Waals surface area contributed by atoms with E-state index in [2.05, 4.69) is 24.5 Å². The molecule has 0 radical (unpaired) electrons. The van der Waals surface area contributed by atoms with Crippen LogP contribution in [0.1, 0.15) is 41.9 Å². The minimum absolute atomic E-state index is 0.234. The van der Waals surface area contributed by atoms with Gasteiger partial charge in [0, 0.05) is 24.2 Å². The summed E-state index contributed by atoms with van der Waals surface area (Å²) in [4.78, 5) is 13.4. The summed E-state index contributed by atoms with van der Waals surface area (Å²) in [6.45, 7) is 4.96. The van der Waals surface area contributed by atoms with E-state index in [4.69, 9.17) is 33.0 Å². The van der Waals surface area contributed by atoms with Crippen LogP contribution in [0.3, 0.4) is 0 Å². The molecule has 1 amide bonds. The Bertz CT molecular complexity index is 1310. The van der Waals surface area contributed by atoms with Gasteiger partial charge in [-0.15, -0.1) is 0 Å². The number of benzene rings is 3. The second-order valence-electron chi connectivity index (χ2n) is 8.41. The van der Waals surface area contributed by atoms with E-state index < -0.39 is 0 Å². The van der Waals surface area contributed by atoms with E-state index in [-0.39, 0.29) is 17.6 Å². The molecule has 0 saturated heterocycles. The summed E-state index contributed by atoms with van der Waals surface area (Å²) in [5.74, 6) is 0.672. The molecule has 0 spiro atoms. The lowest BCUT2D eigenvalue weighted by molar-refractivity contribution is 0.0944. The predicted molar refractivity (Wildman–Crippen MR) is 144 cm³/mol. The Balaban J connectivity index is 1.78. The maximum atomic E-state index is 13.4. The molecule has 1 aromatic heterocycles. The highest BCUT2D eigenvalue weighted by Crippen LogP contribution is 2.33. The fourth-order valence-electron chi connectivity index (χ4n) is 3.57. The monoisotopic (exact) mass is 522 g/mol. The number of halogens is 2. The van der Waals surface area contributed by atoms with Crippen molar-refractivity contribution in [2.24, 2.45) is 0 Å². The zero-order valence-corrected chi connectivity index (χ0v) is 21.7. The van der Waals surface area contributed by atoms with Gasteiger partial charge in [-0.1, -0.05) is 72.6 Å². The van der Waals surface area contributed by atoms with Gasteiger partial charge in [-0.25, -0.2) is 0 Å². The maximum Gasteiger partial charge on any atom is 0.272 e. The summed E-state index contributed by atoms with van der Waals surface area (Å²) in [6, 6.07) is 24.3. The third kappa shape index (κ3) is 6.26. The molecule has 4 aromatic rings. The van der Waals surface area contributed by atoms with Gasteiger partial charge in [0.05, 0.1) is 16.3 Å². The third-order valence-corrected chi connectivity index (χ3v) is 6.37. The van der Waals surface area contributed by atoms with Crippen molar-refractivity contribution in [3.8, 4) is 17.3 Å². The van der Waals surface area contributed by atoms with Gasteiger partial charge in [-0.3, -0.25) is 4.79 Å². The zero-order chi connectivity index (χ0) is 25.5. The molecule has 8 heteroatoms. The second kappa shape index (κ2) is 12.1. The molecule has 186 valence electrons. The number of carbonyl (C=O) groups is 1. The smallest absolute Gasteiger partial charge is 0.272 e. The molecule has 3 aromatic carbocycles. The average Bonchev–Trinajstić information content (AvgIpc) is 3.25. The first-order chi connectivity index (χ1) is 17.5. The summed E-state index contributed by atoms with van der Waals surface area (Å²) in [6.07, 6.45) is 0.932. The Morgan fingerprint density at radius 2 is 1.67 bits per heavy atom. The summed E-state index contributed by atoms with van der Waals surface area (Å²) in [5.41, 5.74) is 2.50. The van der Waals surface area contributed by atoms with E-state index in [1.165, 1.54) is 0 Å². The van der Waals surface area contributed by atoms with Crippen molar-refractivity contribution in [2.45, 2.75) is 39.4 Å². The van der Waals surface area contributed by atoms with Gasteiger partial charge in [0.2, 0.25) is 5.88 Å². The van der Waals surface area contributed by atoms with E-state index in [0.29, 0.717) is 46.0 Å². The van der Waals surface area contributed by atoms with Crippen LogP contribution in [0.4, 0.5) is 0 Å². The lowest BCUT2D eigenvalue weighted by Gasteiger charge is -2.15. The van der Waals surface area contributed by atoms with Gasteiger partial charge < -0.3 is 15.4 Å². The highest BCUT2D eigenvalue weighted by molar-refractivity contribution is 6.32. The molecule has 1 atom stereocenters. The van der Waals surface area contributed by atoms with Crippen LogP contribution in [-0.4, -0.2) is 21.7 Å². The van der Waals surface area contributed by atoms with E-state index in [9.17, 15) is 4.79 Å². The minimum Gasteiger partial charge on any atom is -0.439 e. The van der Waals surface area contributed by atoms with E-state index >= 15 is 0 Å². The molecule has 0 fully saturated rings. The summed E-state index contributed by atoms with van der Waals surface area (Å²) >= 11 is 12.6. The SMILES string of the molecule is CCC(C)NCc1c(C(=O)NCc2ccccc2)nn(-c2ccccc2Cl)c1Oc1ccc(Cl)cc1. The van der Waals surface area contributed by atoms with Crippen LogP contribution < -0.4 is 15.4 Å². The standard InChI is InChI=1S/C28H28Cl2N4O2/c1-3-19(2)31-18-23-26(27(35)32-17-20-9-5-4-6-10-20)33-34(25-12-8-7-11-24(25)30)28(23)36-22-15-13-21(29)14-16-22/h4-16,19,31H,3,17-18H2,1-2H3,(H,32,35). The van der Waals surface area contributed by atoms with Crippen LogP contribution in [-0.2, 0) is 13.1 Å². The number of hydrogen-bond donors (Lipinski definition) is 2. The average molecular weight is 523 g/mol. The van der Waals surface area contributed by atoms with Gasteiger partial charge in [-0.05, 0) is 55.3 Å². The van der Waals surface area contributed by atoms with Crippen LogP contribution in [0.2, 0.25) is 10.0 Å². The largest absolute Gasteiger partial charge is 0.439 e. The van der Waals surface area contributed by atoms with Crippen LogP contribution in [0.25, 0.3) is 5.69 Å². The Morgan fingerprint density at radius 3 is 2.36 bits per heavy atom.